The van der Waals surface area contributed by atoms with Gasteiger partial charge in [0.25, 0.3) is 0 Å². The molecule has 13 heavy (non-hydrogen) atoms. The summed E-state index contributed by atoms with van der Waals surface area (Å²) in [6, 6.07) is 9.31. The molecule has 0 saturated carbocycles. The lowest BCUT2D eigenvalue weighted by molar-refractivity contribution is 1.30. The summed E-state index contributed by atoms with van der Waals surface area (Å²) in [5.74, 6) is 0. The Morgan fingerprint density at radius 1 is 1.31 bits per heavy atom. The molecule has 0 spiro atoms. The highest BCUT2D eigenvalue weighted by atomic mass is 35.5. The van der Waals surface area contributed by atoms with Crippen molar-refractivity contribution in [2.24, 2.45) is 0 Å². The maximum Gasteiger partial charge on any atom is 0.148 e. The van der Waals surface area contributed by atoms with Crippen LogP contribution < -0.4 is 0 Å². The van der Waals surface area contributed by atoms with Gasteiger partial charge in [-0.25, -0.2) is 4.98 Å². The number of rotatable bonds is 0. The Bertz CT molecular complexity index is 500. The van der Waals surface area contributed by atoms with E-state index in [1.807, 2.05) is 18.2 Å². The van der Waals surface area contributed by atoms with Crippen LogP contribution in [0, 0.1) is 11.3 Å². The molecule has 0 unspecified atom stereocenters. The highest BCUT2D eigenvalue weighted by molar-refractivity contribution is 6.31. The fourth-order valence-corrected chi connectivity index (χ4v) is 1.40. The predicted molar refractivity (Wildman–Crippen MR) is 51.5 cm³/mol. The smallest absolute Gasteiger partial charge is 0.148 e. The second-order valence-electron chi connectivity index (χ2n) is 2.64. The summed E-state index contributed by atoms with van der Waals surface area (Å²) in [7, 11) is 0. The molecule has 1 aromatic heterocycles. The van der Waals surface area contributed by atoms with Crippen molar-refractivity contribution in [3.63, 3.8) is 0 Å². The molecular formula is C10H5ClN2. The Morgan fingerprint density at radius 2 is 2.15 bits per heavy atom. The molecule has 3 heteroatoms. The van der Waals surface area contributed by atoms with E-state index >= 15 is 0 Å². The van der Waals surface area contributed by atoms with Crippen LogP contribution in [0.5, 0.6) is 0 Å². The third-order valence-electron chi connectivity index (χ3n) is 1.83. The van der Waals surface area contributed by atoms with Crippen LogP contribution in [0.3, 0.4) is 0 Å². The number of nitriles is 1. The first-order valence-corrected chi connectivity index (χ1v) is 4.13. The van der Waals surface area contributed by atoms with Crippen molar-refractivity contribution in [3.8, 4) is 6.07 Å². The lowest BCUT2D eigenvalue weighted by Gasteiger charge is -1.98. The minimum atomic E-state index is 0.417. The molecule has 0 atom stereocenters. The lowest BCUT2D eigenvalue weighted by Crippen LogP contribution is -1.83. The Morgan fingerprint density at radius 3 is 2.92 bits per heavy atom. The summed E-state index contributed by atoms with van der Waals surface area (Å²) in [5.41, 5.74) is 0.417. The molecule has 0 saturated heterocycles. The van der Waals surface area contributed by atoms with E-state index in [9.17, 15) is 0 Å². The molecule has 1 aromatic carbocycles. The largest absolute Gasteiger partial charge is 0.245 e. The quantitative estimate of drug-likeness (QED) is 0.638. The van der Waals surface area contributed by atoms with Crippen LogP contribution in [0.1, 0.15) is 5.69 Å². The van der Waals surface area contributed by atoms with Crippen LogP contribution in [0.4, 0.5) is 0 Å². The molecule has 2 rings (SSSR count). The van der Waals surface area contributed by atoms with Crippen LogP contribution in [-0.4, -0.2) is 4.98 Å². The van der Waals surface area contributed by atoms with Crippen LogP contribution in [0.2, 0.25) is 5.02 Å². The number of nitrogens with zero attached hydrogens (tertiary/aromatic N) is 2. The maximum atomic E-state index is 8.77. The number of hydrogen-bond donors (Lipinski definition) is 0. The molecular weight excluding hydrogens is 184 g/mol. The summed E-state index contributed by atoms with van der Waals surface area (Å²) in [5, 5.41) is 11.2. The van der Waals surface area contributed by atoms with Crippen molar-refractivity contribution in [1.82, 2.24) is 4.98 Å². The molecule has 0 bridgehead atoms. The first-order valence-electron chi connectivity index (χ1n) is 3.75. The van der Waals surface area contributed by atoms with E-state index in [1.165, 1.54) is 0 Å². The second kappa shape index (κ2) is 3.04. The molecule has 2 nitrogen and oxygen atoms in total. The van der Waals surface area contributed by atoms with Gasteiger partial charge in [-0.1, -0.05) is 17.7 Å². The number of pyridine rings is 1. The van der Waals surface area contributed by atoms with Gasteiger partial charge in [0.1, 0.15) is 11.8 Å². The molecule has 0 N–H and O–H groups in total. The van der Waals surface area contributed by atoms with Crippen molar-refractivity contribution < 1.29 is 0 Å². The average Bonchev–Trinajstić information content (AvgIpc) is 2.17. The Balaban J connectivity index is 2.89. The molecule has 62 valence electrons. The van der Waals surface area contributed by atoms with E-state index in [1.54, 1.807) is 18.3 Å². The van der Waals surface area contributed by atoms with E-state index in [-0.39, 0.29) is 0 Å². The van der Waals surface area contributed by atoms with E-state index in [2.05, 4.69) is 4.98 Å². The van der Waals surface area contributed by atoms with Crippen molar-refractivity contribution in [3.05, 3.63) is 41.2 Å². The zero-order chi connectivity index (χ0) is 9.26. The standard InChI is InChI=1S/C10H5ClN2/c11-8-2-1-7-3-4-13-10(6-12)9(7)5-8/h1-5H. The molecule has 0 aliphatic rings. The summed E-state index contributed by atoms with van der Waals surface area (Å²) >= 11 is 5.81. The Labute approximate surface area is 80.4 Å². The van der Waals surface area contributed by atoms with Gasteiger partial charge < -0.3 is 0 Å². The van der Waals surface area contributed by atoms with Gasteiger partial charge in [-0.3, -0.25) is 0 Å². The normalized spacial score (nSPS) is 9.85. The van der Waals surface area contributed by atoms with Gasteiger partial charge in [-0.2, -0.15) is 5.26 Å². The first-order chi connectivity index (χ1) is 6.31. The van der Waals surface area contributed by atoms with E-state index in [4.69, 9.17) is 16.9 Å². The van der Waals surface area contributed by atoms with Crippen LogP contribution in [-0.2, 0) is 0 Å². The van der Waals surface area contributed by atoms with Gasteiger partial charge in [-0.05, 0) is 23.6 Å². The van der Waals surface area contributed by atoms with Gasteiger partial charge >= 0.3 is 0 Å². The van der Waals surface area contributed by atoms with Gasteiger partial charge in [0.2, 0.25) is 0 Å². The number of fused-ring (bicyclic) bond motifs is 1. The zero-order valence-corrected chi connectivity index (χ0v) is 7.42. The third-order valence-corrected chi connectivity index (χ3v) is 2.07. The van der Waals surface area contributed by atoms with Crippen molar-refractivity contribution in [2.75, 3.05) is 0 Å². The van der Waals surface area contributed by atoms with Crippen molar-refractivity contribution in [2.45, 2.75) is 0 Å². The number of aromatic nitrogens is 1. The SMILES string of the molecule is N#Cc1nccc2ccc(Cl)cc12. The molecule has 0 amide bonds. The summed E-state index contributed by atoms with van der Waals surface area (Å²) in [6.07, 6.45) is 1.62. The number of halogens is 1. The van der Waals surface area contributed by atoms with Crippen LogP contribution in [0.25, 0.3) is 10.8 Å². The number of benzene rings is 1. The van der Waals surface area contributed by atoms with Gasteiger partial charge in [-0.15, -0.1) is 0 Å². The highest BCUT2D eigenvalue weighted by Crippen LogP contribution is 2.20. The fraction of sp³-hybridized carbons (Fsp3) is 0. The molecule has 2 aromatic rings. The molecule has 0 fully saturated rings. The summed E-state index contributed by atoms with van der Waals surface area (Å²) in [4.78, 5) is 3.95. The Kier molecular flexibility index (Phi) is 1.88. The molecule has 0 radical (unpaired) electrons. The molecule has 0 aliphatic carbocycles. The lowest BCUT2D eigenvalue weighted by atomic mass is 10.1. The monoisotopic (exact) mass is 188 g/mol. The maximum absolute atomic E-state index is 8.77. The van der Waals surface area contributed by atoms with E-state index in [0.29, 0.717) is 10.7 Å². The van der Waals surface area contributed by atoms with E-state index in [0.717, 1.165) is 10.8 Å². The highest BCUT2D eigenvalue weighted by Gasteiger charge is 2.00. The van der Waals surface area contributed by atoms with Crippen LogP contribution in [0.15, 0.2) is 30.5 Å². The van der Waals surface area contributed by atoms with E-state index < -0.39 is 0 Å². The van der Waals surface area contributed by atoms with Gasteiger partial charge in [0, 0.05) is 16.6 Å². The second-order valence-corrected chi connectivity index (χ2v) is 3.07. The Hall–Kier alpha value is -1.59. The zero-order valence-electron chi connectivity index (χ0n) is 6.66. The fourth-order valence-electron chi connectivity index (χ4n) is 1.23. The van der Waals surface area contributed by atoms with Crippen molar-refractivity contribution in [1.29, 1.82) is 5.26 Å². The summed E-state index contributed by atoms with van der Waals surface area (Å²) < 4.78 is 0. The molecule has 0 aliphatic heterocycles. The average molecular weight is 189 g/mol. The van der Waals surface area contributed by atoms with Crippen LogP contribution >= 0.6 is 11.6 Å². The first kappa shape index (κ1) is 8.03. The minimum absolute atomic E-state index is 0.417. The van der Waals surface area contributed by atoms with Gasteiger partial charge in [0.05, 0.1) is 0 Å². The number of hydrogen-bond acceptors (Lipinski definition) is 2. The summed E-state index contributed by atoms with van der Waals surface area (Å²) in [6.45, 7) is 0. The van der Waals surface area contributed by atoms with Gasteiger partial charge in [0.15, 0.2) is 0 Å². The topological polar surface area (TPSA) is 36.7 Å². The third kappa shape index (κ3) is 1.34. The minimum Gasteiger partial charge on any atom is -0.245 e. The molecule has 1 heterocycles. The predicted octanol–water partition coefficient (Wildman–Crippen LogP) is 2.76. The van der Waals surface area contributed by atoms with Crippen molar-refractivity contribution >= 4 is 22.4 Å².